The molecule has 0 aliphatic carbocycles. The minimum absolute atomic E-state index is 0.0205. The summed E-state index contributed by atoms with van der Waals surface area (Å²) in [4.78, 5) is 34.2. The number of anilines is 1. The highest BCUT2D eigenvalue weighted by atomic mass is 35.5. The highest BCUT2D eigenvalue weighted by molar-refractivity contribution is 6.32. The topological polar surface area (TPSA) is 108 Å². The lowest BCUT2D eigenvalue weighted by molar-refractivity contribution is 0.173. The van der Waals surface area contributed by atoms with Crippen molar-refractivity contribution in [1.82, 2.24) is 24.4 Å². The van der Waals surface area contributed by atoms with Gasteiger partial charge in [0.15, 0.2) is 11.2 Å². The molecule has 9 nitrogen and oxygen atoms in total. The third kappa shape index (κ3) is 3.21. The van der Waals surface area contributed by atoms with E-state index in [2.05, 4.69) is 20.2 Å². The van der Waals surface area contributed by atoms with Crippen LogP contribution in [0.25, 0.3) is 16.9 Å². The molecule has 0 radical (unpaired) electrons. The van der Waals surface area contributed by atoms with E-state index in [1.807, 2.05) is 12.1 Å². The largest absolute Gasteiger partial charge is 0.392 e. The zero-order valence-corrected chi connectivity index (χ0v) is 16.1. The fraction of sp³-hybridized carbons (Fsp3) is 0.389. The summed E-state index contributed by atoms with van der Waals surface area (Å²) >= 11 is 6.43. The van der Waals surface area contributed by atoms with Crippen LogP contribution in [-0.4, -0.2) is 56.5 Å². The van der Waals surface area contributed by atoms with Crippen LogP contribution < -0.4 is 21.5 Å². The smallest absolute Gasteiger partial charge is 0.330 e. The second-order valence-corrected chi connectivity index (χ2v) is 7.23. The molecular formula is C18H21ClN6O3. The van der Waals surface area contributed by atoms with E-state index in [4.69, 9.17) is 11.6 Å². The Hall–Kier alpha value is -2.62. The van der Waals surface area contributed by atoms with E-state index < -0.39 is 17.4 Å². The fourth-order valence-electron chi connectivity index (χ4n) is 3.48. The first-order valence-electron chi connectivity index (χ1n) is 9.11. The lowest BCUT2D eigenvalue weighted by Crippen LogP contribution is -2.44. The Balaban J connectivity index is 2.08. The number of nitrogens with one attached hydrogen (secondary N) is 2. The van der Waals surface area contributed by atoms with Gasteiger partial charge in [-0.2, -0.15) is 4.98 Å². The number of para-hydroxylation sites is 1. The number of aromatic amines is 1. The second-order valence-electron chi connectivity index (χ2n) is 6.83. The minimum Gasteiger partial charge on any atom is -0.392 e. The van der Waals surface area contributed by atoms with E-state index >= 15 is 0 Å². The molecule has 4 rings (SSSR count). The van der Waals surface area contributed by atoms with Crippen LogP contribution in [0.5, 0.6) is 0 Å². The summed E-state index contributed by atoms with van der Waals surface area (Å²) in [6, 6.07) is 7.18. The van der Waals surface area contributed by atoms with Gasteiger partial charge < -0.3 is 15.3 Å². The van der Waals surface area contributed by atoms with Gasteiger partial charge in [-0.1, -0.05) is 23.7 Å². The van der Waals surface area contributed by atoms with Crippen molar-refractivity contribution in [2.45, 2.75) is 19.6 Å². The van der Waals surface area contributed by atoms with Crippen molar-refractivity contribution in [2.24, 2.45) is 0 Å². The van der Waals surface area contributed by atoms with Crippen molar-refractivity contribution >= 4 is 28.7 Å². The zero-order chi connectivity index (χ0) is 19.8. The first-order valence-corrected chi connectivity index (χ1v) is 9.49. The molecule has 1 atom stereocenters. The number of aliphatic hydroxyl groups excluding tert-OH is 1. The zero-order valence-electron chi connectivity index (χ0n) is 15.4. The average molecular weight is 405 g/mol. The highest BCUT2D eigenvalue weighted by Crippen LogP contribution is 2.29. The van der Waals surface area contributed by atoms with Crippen LogP contribution in [-0.2, 0) is 6.54 Å². The van der Waals surface area contributed by atoms with Crippen molar-refractivity contribution in [3.05, 3.63) is 50.1 Å². The van der Waals surface area contributed by atoms with Crippen LogP contribution in [0.4, 0.5) is 5.95 Å². The first kappa shape index (κ1) is 18.7. The van der Waals surface area contributed by atoms with Crippen molar-refractivity contribution in [3.63, 3.8) is 0 Å². The number of benzene rings is 1. The molecule has 0 saturated carbocycles. The lowest BCUT2D eigenvalue weighted by atomic mass is 10.3. The average Bonchev–Trinajstić information content (AvgIpc) is 3.07. The van der Waals surface area contributed by atoms with E-state index in [1.54, 1.807) is 23.6 Å². The van der Waals surface area contributed by atoms with E-state index in [0.29, 0.717) is 29.7 Å². The predicted octanol–water partition coefficient (Wildman–Crippen LogP) is 0.319. The predicted molar refractivity (Wildman–Crippen MR) is 108 cm³/mol. The molecule has 0 bridgehead atoms. The quantitative estimate of drug-likeness (QED) is 0.578. The molecule has 3 N–H and O–H groups in total. The normalized spacial score (nSPS) is 15.9. The molecular weight excluding hydrogens is 384 g/mol. The maximum atomic E-state index is 12.8. The van der Waals surface area contributed by atoms with Gasteiger partial charge in [-0.3, -0.25) is 18.9 Å². The molecule has 148 valence electrons. The fourth-order valence-corrected chi connectivity index (χ4v) is 3.70. The molecule has 3 aromatic rings. The summed E-state index contributed by atoms with van der Waals surface area (Å²) in [7, 11) is 0. The summed E-state index contributed by atoms with van der Waals surface area (Å²) in [5, 5.41) is 13.6. The number of piperazine rings is 1. The summed E-state index contributed by atoms with van der Waals surface area (Å²) < 4.78 is 2.99. The second kappa shape index (κ2) is 7.42. The number of H-pyrrole nitrogens is 1. The highest BCUT2D eigenvalue weighted by Gasteiger charge is 2.25. The molecule has 28 heavy (non-hydrogen) atoms. The van der Waals surface area contributed by atoms with E-state index in [9.17, 15) is 14.7 Å². The van der Waals surface area contributed by atoms with Gasteiger partial charge in [0.1, 0.15) is 0 Å². The molecule has 1 unspecified atom stereocenters. The summed E-state index contributed by atoms with van der Waals surface area (Å²) in [6.45, 7) is 4.56. The van der Waals surface area contributed by atoms with Crippen LogP contribution in [0.2, 0.25) is 5.02 Å². The van der Waals surface area contributed by atoms with Gasteiger partial charge in [0.05, 0.1) is 23.4 Å². The number of hydrogen-bond acceptors (Lipinski definition) is 6. The summed E-state index contributed by atoms with van der Waals surface area (Å²) in [5.41, 5.74) is -0.0948. The van der Waals surface area contributed by atoms with Gasteiger partial charge in [0.2, 0.25) is 5.95 Å². The summed E-state index contributed by atoms with van der Waals surface area (Å²) in [6.07, 6.45) is -0.778. The SMILES string of the molecule is CC(O)Cn1c(=O)[nH]c(=O)c2c1nc(N1CCNCC1)n2-c1ccccc1Cl. The third-order valence-corrected chi connectivity index (χ3v) is 5.04. The van der Waals surface area contributed by atoms with E-state index in [1.165, 1.54) is 4.57 Å². The van der Waals surface area contributed by atoms with E-state index in [0.717, 1.165) is 13.1 Å². The van der Waals surface area contributed by atoms with Crippen molar-refractivity contribution < 1.29 is 5.11 Å². The van der Waals surface area contributed by atoms with Crippen LogP contribution in [0.15, 0.2) is 33.9 Å². The molecule has 10 heteroatoms. The van der Waals surface area contributed by atoms with Gasteiger partial charge in [-0.15, -0.1) is 0 Å². The Morgan fingerprint density at radius 2 is 1.96 bits per heavy atom. The van der Waals surface area contributed by atoms with Crippen LogP contribution in [0.1, 0.15) is 6.92 Å². The number of rotatable bonds is 4. The first-order chi connectivity index (χ1) is 13.5. The molecule has 1 saturated heterocycles. The molecule has 1 aliphatic rings. The van der Waals surface area contributed by atoms with E-state index in [-0.39, 0.29) is 17.7 Å². The Kier molecular flexibility index (Phi) is 4.96. The maximum absolute atomic E-state index is 12.8. The Bertz CT molecular complexity index is 1130. The van der Waals surface area contributed by atoms with Gasteiger partial charge in [-0.05, 0) is 19.1 Å². The van der Waals surface area contributed by atoms with Crippen LogP contribution >= 0.6 is 11.6 Å². The number of imidazole rings is 1. The molecule has 0 amide bonds. The van der Waals surface area contributed by atoms with Gasteiger partial charge in [0, 0.05) is 26.2 Å². The standard InChI is InChI=1S/C18H21ClN6O3/c1-11(26)10-24-15-14(16(27)22-18(24)28)25(13-5-3-2-4-12(13)19)17(21-15)23-8-6-20-7-9-23/h2-5,11,20,26H,6-10H2,1H3,(H,22,27,28). The number of nitrogens with zero attached hydrogens (tertiary/aromatic N) is 4. The molecule has 1 aromatic carbocycles. The molecule has 2 aromatic heterocycles. The lowest BCUT2D eigenvalue weighted by Gasteiger charge is -2.28. The molecule has 0 spiro atoms. The van der Waals surface area contributed by atoms with Gasteiger partial charge >= 0.3 is 5.69 Å². The minimum atomic E-state index is -0.778. The number of hydrogen-bond donors (Lipinski definition) is 3. The Labute approximate surface area is 165 Å². The Morgan fingerprint density at radius 1 is 1.25 bits per heavy atom. The van der Waals surface area contributed by atoms with Crippen molar-refractivity contribution in [2.75, 3.05) is 31.1 Å². The van der Waals surface area contributed by atoms with Crippen molar-refractivity contribution in [3.8, 4) is 5.69 Å². The number of halogens is 1. The Morgan fingerprint density at radius 3 is 2.64 bits per heavy atom. The molecule has 3 heterocycles. The molecule has 1 aliphatic heterocycles. The van der Waals surface area contributed by atoms with Gasteiger partial charge in [0.25, 0.3) is 5.56 Å². The number of fused-ring (bicyclic) bond motifs is 1. The summed E-state index contributed by atoms with van der Waals surface area (Å²) in [5.74, 6) is 0.542. The number of aliphatic hydroxyl groups is 1. The monoisotopic (exact) mass is 404 g/mol. The molecule has 1 fully saturated rings. The maximum Gasteiger partial charge on any atom is 0.330 e. The van der Waals surface area contributed by atoms with Crippen LogP contribution in [0.3, 0.4) is 0 Å². The van der Waals surface area contributed by atoms with Crippen molar-refractivity contribution in [1.29, 1.82) is 0 Å². The number of aromatic nitrogens is 4. The third-order valence-electron chi connectivity index (χ3n) is 4.72. The van der Waals surface area contributed by atoms with Gasteiger partial charge in [-0.25, -0.2) is 4.79 Å². The van der Waals surface area contributed by atoms with Crippen LogP contribution in [0, 0.1) is 0 Å².